The first-order valence-corrected chi connectivity index (χ1v) is 8.09. The quantitative estimate of drug-likeness (QED) is 0.423. The molecule has 0 atom stereocenters. The highest BCUT2D eigenvalue weighted by atomic mass is 16.5. The fourth-order valence-corrected chi connectivity index (χ4v) is 2.91. The van der Waals surface area contributed by atoms with Crippen molar-refractivity contribution in [2.75, 3.05) is 6.61 Å². The highest BCUT2D eigenvalue weighted by Crippen LogP contribution is 2.35. The van der Waals surface area contributed by atoms with E-state index in [2.05, 4.69) is 0 Å². The van der Waals surface area contributed by atoms with Crippen LogP contribution in [0.2, 0.25) is 0 Å². The van der Waals surface area contributed by atoms with Gasteiger partial charge in [-0.15, -0.1) is 0 Å². The van der Waals surface area contributed by atoms with E-state index in [9.17, 15) is 19.8 Å². The molecule has 3 aromatic rings. The first-order chi connectivity index (χ1) is 12.4. The molecule has 0 heterocycles. The molecule has 0 aliphatic rings. The third kappa shape index (κ3) is 3.24. The van der Waals surface area contributed by atoms with Crippen LogP contribution in [0.3, 0.4) is 0 Å². The van der Waals surface area contributed by atoms with E-state index >= 15 is 0 Å². The van der Waals surface area contributed by atoms with Gasteiger partial charge in [0.15, 0.2) is 6.61 Å². The minimum Gasteiger partial charge on any atom is -0.507 e. The van der Waals surface area contributed by atoms with Crippen LogP contribution in [0.25, 0.3) is 10.8 Å². The van der Waals surface area contributed by atoms with Gasteiger partial charge < -0.3 is 14.9 Å². The van der Waals surface area contributed by atoms with Gasteiger partial charge in [0.05, 0.1) is 0 Å². The molecule has 0 unspecified atom stereocenters. The van der Waals surface area contributed by atoms with Crippen LogP contribution in [-0.4, -0.2) is 28.6 Å². The molecule has 0 aliphatic carbocycles. The van der Waals surface area contributed by atoms with E-state index in [1.165, 1.54) is 0 Å². The Bertz CT molecular complexity index is 1020. The number of Topliss-reactive ketones (excluding diaryl/α,β-unsaturated/α-hetero) is 1. The van der Waals surface area contributed by atoms with Gasteiger partial charge in [0.2, 0.25) is 5.78 Å². The summed E-state index contributed by atoms with van der Waals surface area (Å²) in [6, 6.07) is 13.1. The third-order valence-electron chi connectivity index (χ3n) is 4.23. The summed E-state index contributed by atoms with van der Waals surface area (Å²) >= 11 is 0. The van der Waals surface area contributed by atoms with Gasteiger partial charge in [0, 0.05) is 16.3 Å². The predicted molar refractivity (Wildman–Crippen MR) is 97.8 cm³/mol. The summed E-state index contributed by atoms with van der Waals surface area (Å²) in [6.07, 6.45) is 0. The number of carbonyl (C=O) groups excluding carboxylic acids is 2. The summed E-state index contributed by atoms with van der Waals surface area (Å²) in [7, 11) is 0. The fourth-order valence-electron chi connectivity index (χ4n) is 2.91. The number of carbonyl (C=O) groups is 2. The number of hydrogen-bond acceptors (Lipinski definition) is 5. The summed E-state index contributed by atoms with van der Waals surface area (Å²) in [5, 5.41) is 21.1. The maximum absolute atomic E-state index is 12.3. The lowest BCUT2D eigenvalue weighted by Crippen LogP contribution is -2.15. The van der Waals surface area contributed by atoms with Crippen LogP contribution in [0, 0.1) is 13.8 Å². The number of ether oxygens (including phenoxy) is 1. The molecule has 0 spiro atoms. The van der Waals surface area contributed by atoms with E-state index in [1.54, 1.807) is 30.3 Å². The molecule has 26 heavy (non-hydrogen) atoms. The Morgan fingerprint density at radius 1 is 0.923 bits per heavy atom. The van der Waals surface area contributed by atoms with Crippen molar-refractivity contribution in [1.82, 2.24) is 0 Å². The van der Waals surface area contributed by atoms with Crippen molar-refractivity contribution >= 4 is 22.5 Å². The number of ketones is 1. The van der Waals surface area contributed by atoms with E-state index in [-0.39, 0.29) is 22.8 Å². The van der Waals surface area contributed by atoms with Crippen LogP contribution in [-0.2, 0) is 4.74 Å². The molecule has 0 saturated carbocycles. The number of aromatic hydroxyl groups is 2. The second-order valence-electron chi connectivity index (χ2n) is 6.16. The Balaban J connectivity index is 1.81. The lowest BCUT2D eigenvalue weighted by molar-refractivity contribution is 0.0471. The highest BCUT2D eigenvalue weighted by Gasteiger charge is 2.20. The van der Waals surface area contributed by atoms with Gasteiger partial charge in [0.1, 0.15) is 17.1 Å². The van der Waals surface area contributed by atoms with E-state index < -0.39 is 12.6 Å². The second-order valence-corrected chi connectivity index (χ2v) is 6.16. The summed E-state index contributed by atoms with van der Waals surface area (Å²) in [6.45, 7) is 3.29. The number of phenols is 2. The molecular formula is C21H18O5. The minimum absolute atomic E-state index is 0.147. The van der Waals surface area contributed by atoms with Crippen LogP contribution in [0.5, 0.6) is 11.5 Å². The van der Waals surface area contributed by atoms with Crippen LogP contribution < -0.4 is 0 Å². The monoisotopic (exact) mass is 350 g/mol. The third-order valence-corrected chi connectivity index (χ3v) is 4.23. The fraction of sp³-hybridized carbons (Fsp3) is 0.143. The van der Waals surface area contributed by atoms with Crippen molar-refractivity contribution in [3.63, 3.8) is 0 Å². The van der Waals surface area contributed by atoms with E-state index in [0.29, 0.717) is 16.3 Å². The largest absolute Gasteiger partial charge is 0.507 e. The van der Waals surface area contributed by atoms with Gasteiger partial charge in [-0.05, 0) is 25.5 Å². The Labute approximate surface area is 150 Å². The number of rotatable bonds is 4. The number of phenolic OH excluding ortho intramolecular Hbond substituents is 2. The van der Waals surface area contributed by atoms with E-state index in [4.69, 9.17) is 4.74 Å². The molecule has 0 radical (unpaired) electrons. The average molecular weight is 350 g/mol. The van der Waals surface area contributed by atoms with E-state index in [0.717, 1.165) is 17.2 Å². The summed E-state index contributed by atoms with van der Waals surface area (Å²) in [4.78, 5) is 24.6. The number of benzene rings is 3. The first kappa shape index (κ1) is 17.5. The molecule has 0 aliphatic heterocycles. The number of esters is 1. The van der Waals surface area contributed by atoms with Crippen molar-refractivity contribution in [2.45, 2.75) is 13.8 Å². The normalized spacial score (nSPS) is 10.7. The predicted octanol–water partition coefficient (Wildman–Crippen LogP) is 3.91. The molecule has 5 nitrogen and oxygen atoms in total. The molecule has 3 rings (SSSR count). The first-order valence-electron chi connectivity index (χ1n) is 8.09. The van der Waals surface area contributed by atoms with Crippen LogP contribution in [0.1, 0.15) is 31.8 Å². The number of fused-ring (bicyclic) bond motifs is 1. The summed E-state index contributed by atoms with van der Waals surface area (Å²) < 4.78 is 5.05. The Morgan fingerprint density at radius 3 is 2.31 bits per heavy atom. The topological polar surface area (TPSA) is 83.8 Å². The zero-order valence-corrected chi connectivity index (χ0v) is 14.4. The van der Waals surface area contributed by atoms with Crippen LogP contribution in [0.4, 0.5) is 0 Å². The number of hydrogen-bond donors (Lipinski definition) is 2. The molecule has 0 bridgehead atoms. The van der Waals surface area contributed by atoms with Crippen LogP contribution >= 0.6 is 0 Å². The SMILES string of the molecule is Cc1ccc(C(=O)COC(=O)c2cc(O)c3ccccc3c2O)c(C)c1. The van der Waals surface area contributed by atoms with Crippen molar-refractivity contribution in [3.8, 4) is 11.5 Å². The van der Waals surface area contributed by atoms with Crippen molar-refractivity contribution < 1.29 is 24.5 Å². The van der Waals surface area contributed by atoms with Gasteiger partial charge in [-0.2, -0.15) is 0 Å². The van der Waals surface area contributed by atoms with E-state index in [1.807, 2.05) is 26.0 Å². The van der Waals surface area contributed by atoms with Gasteiger partial charge >= 0.3 is 5.97 Å². The Kier molecular flexibility index (Phi) is 4.63. The van der Waals surface area contributed by atoms with Gasteiger partial charge in [-0.25, -0.2) is 4.79 Å². The van der Waals surface area contributed by atoms with Crippen molar-refractivity contribution in [1.29, 1.82) is 0 Å². The maximum Gasteiger partial charge on any atom is 0.342 e. The molecule has 2 N–H and O–H groups in total. The highest BCUT2D eigenvalue weighted by molar-refractivity contribution is 6.05. The van der Waals surface area contributed by atoms with Crippen molar-refractivity contribution in [3.05, 3.63) is 70.8 Å². The zero-order chi connectivity index (χ0) is 18.8. The molecule has 0 saturated heterocycles. The zero-order valence-electron chi connectivity index (χ0n) is 14.4. The average Bonchev–Trinajstić information content (AvgIpc) is 2.62. The van der Waals surface area contributed by atoms with Gasteiger partial charge in [-0.3, -0.25) is 4.79 Å². The molecule has 0 amide bonds. The molecular weight excluding hydrogens is 332 g/mol. The standard InChI is InChI=1S/C21H18O5/c1-12-7-8-14(13(2)9-12)19(23)11-26-21(25)17-10-18(22)15-5-3-4-6-16(15)20(17)24/h3-10,22,24H,11H2,1-2H3. The summed E-state index contributed by atoms with van der Waals surface area (Å²) in [5.74, 6) is -1.64. The minimum atomic E-state index is -0.873. The molecule has 3 aromatic carbocycles. The smallest absolute Gasteiger partial charge is 0.342 e. The van der Waals surface area contributed by atoms with Gasteiger partial charge in [0.25, 0.3) is 0 Å². The molecule has 0 fully saturated rings. The molecule has 5 heteroatoms. The Hall–Kier alpha value is -3.34. The number of aryl methyl sites for hydroxylation is 2. The lowest BCUT2D eigenvalue weighted by Gasteiger charge is -2.10. The molecule has 0 aromatic heterocycles. The van der Waals surface area contributed by atoms with Crippen LogP contribution in [0.15, 0.2) is 48.5 Å². The molecule has 132 valence electrons. The maximum atomic E-state index is 12.3. The summed E-state index contributed by atoms with van der Waals surface area (Å²) in [5.41, 5.74) is 2.13. The Morgan fingerprint density at radius 2 is 1.62 bits per heavy atom. The van der Waals surface area contributed by atoms with Crippen molar-refractivity contribution in [2.24, 2.45) is 0 Å². The van der Waals surface area contributed by atoms with Gasteiger partial charge in [-0.1, -0.05) is 48.0 Å². The lowest BCUT2D eigenvalue weighted by atomic mass is 10.0. The second kappa shape index (κ2) is 6.88.